The molecule has 2 saturated heterocycles. The molecule has 72 heavy (non-hydrogen) atoms. The molecule has 0 spiro atoms. The first-order valence-electron chi connectivity index (χ1n) is 24.0. The molecule has 4 aliphatic heterocycles. The number of fused-ring (bicyclic) bond motifs is 2. The molecule has 2 aliphatic carbocycles. The monoisotopic (exact) mass is 1200 g/mol. The molecule has 0 bridgehead atoms. The van der Waals surface area contributed by atoms with Crippen LogP contribution in [-0.4, -0.2) is 91.8 Å². The minimum absolute atomic E-state index is 0. The third kappa shape index (κ3) is 15.9. The smallest absolute Gasteiger partial charge is 1.00 e. The summed E-state index contributed by atoms with van der Waals surface area (Å²) in [6.07, 6.45) is 4.83. The van der Waals surface area contributed by atoms with E-state index in [1.807, 2.05) is 0 Å². The van der Waals surface area contributed by atoms with Crippen LogP contribution < -0.4 is 29.2 Å². The molecular weight excluding hydrogens is 1110 g/mol. The summed E-state index contributed by atoms with van der Waals surface area (Å²) in [7, 11) is 10.5. The molecule has 5 unspecified atom stereocenters. The average Bonchev–Trinajstić information content (AvgIpc) is 3.63. The Morgan fingerprint density at radius 1 is 0.597 bits per heavy atom. The summed E-state index contributed by atoms with van der Waals surface area (Å²) in [5.74, 6) is 5.83. The van der Waals surface area contributed by atoms with Crippen molar-refractivity contribution in [2.24, 2.45) is 39.6 Å². The second-order valence-corrected chi connectivity index (χ2v) is 38.3. The van der Waals surface area contributed by atoms with E-state index in [1.54, 1.807) is 10.4 Å². The maximum atomic E-state index is 11.2. The van der Waals surface area contributed by atoms with Crippen molar-refractivity contribution in [3.8, 4) is 0 Å². The van der Waals surface area contributed by atoms with Gasteiger partial charge in [-0.25, -0.2) is 0 Å². The largest absolute Gasteiger partial charge is 1.00 e. The Morgan fingerprint density at radius 3 is 1.39 bits per heavy atom. The first-order valence-corrected chi connectivity index (χ1v) is 36.3. The molecule has 408 valence electrons. The summed E-state index contributed by atoms with van der Waals surface area (Å²) in [6, 6.07) is 34.6. The van der Waals surface area contributed by atoms with E-state index in [-0.39, 0.29) is 57.5 Å². The third-order valence-electron chi connectivity index (χ3n) is 15.8. The Balaban J connectivity index is -0.00000110. The van der Waals surface area contributed by atoms with Crippen molar-refractivity contribution in [1.82, 2.24) is 19.3 Å². The molecular formula is C53H85Cl5Cr2F4LiN6Si-. The molecule has 6 nitrogen and oxygen atoms in total. The van der Waals surface area contributed by atoms with Gasteiger partial charge in [0, 0.05) is 64.0 Å². The summed E-state index contributed by atoms with van der Waals surface area (Å²) >= 11 is -0.181. The van der Waals surface area contributed by atoms with E-state index in [1.165, 1.54) is 65.5 Å². The van der Waals surface area contributed by atoms with Gasteiger partial charge in [-0.05, 0) is 110 Å². The van der Waals surface area contributed by atoms with Crippen LogP contribution in [0.4, 0.5) is 15.3 Å². The van der Waals surface area contributed by atoms with Gasteiger partial charge < -0.3 is 34.1 Å². The van der Waals surface area contributed by atoms with Gasteiger partial charge in [0.15, 0.2) is 11.9 Å². The maximum absolute atomic E-state index is 11.2. The second-order valence-electron chi connectivity index (χ2n) is 19.4. The van der Waals surface area contributed by atoms with E-state index in [0.29, 0.717) is 29.3 Å². The van der Waals surface area contributed by atoms with E-state index in [4.69, 9.17) is 30.1 Å². The van der Waals surface area contributed by atoms with Gasteiger partial charge >= 0.3 is 103 Å². The number of hydrogen-bond acceptors (Lipinski definition) is 6. The van der Waals surface area contributed by atoms with Gasteiger partial charge in [0.25, 0.3) is 0 Å². The Bertz CT molecular complexity index is 2240. The Hall–Kier alpha value is -1.27. The molecule has 0 radical (unpaired) electrons. The minimum Gasteiger partial charge on any atom is 1.00 e. The van der Waals surface area contributed by atoms with Gasteiger partial charge in [0.1, 0.15) is 0 Å². The predicted molar refractivity (Wildman–Crippen MR) is 304 cm³/mol. The van der Waals surface area contributed by atoms with Crippen LogP contribution in [0.5, 0.6) is 0 Å². The molecule has 3 fully saturated rings. The summed E-state index contributed by atoms with van der Waals surface area (Å²) in [6.45, 7) is 28.1. The average molecular weight is 1210 g/mol. The zero-order valence-corrected chi connectivity index (χ0v) is 51.4. The molecule has 1 saturated carbocycles. The van der Waals surface area contributed by atoms with E-state index in [2.05, 4.69) is 196 Å². The third-order valence-corrected chi connectivity index (χ3v) is 21.5. The van der Waals surface area contributed by atoms with Crippen LogP contribution in [0.2, 0.25) is 5.54 Å². The van der Waals surface area contributed by atoms with Crippen LogP contribution in [0.25, 0.3) is 0 Å². The van der Waals surface area contributed by atoms with Gasteiger partial charge in [0.05, 0.1) is 6.04 Å². The van der Waals surface area contributed by atoms with E-state index in [9.17, 15) is 10.6 Å². The number of allylic oxidation sites excluding steroid dienone is 2. The van der Waals surface area contributed by atoms with Gasteiger partial charge in [-0.1, -0.05) is 130 Å². The quantitative estimate of drug-likeness (QED) is 0.134. The summed E-state index contributed by atoms with van der Waals surface area (Å²) in [5.41, 5.74) is 8.08. The zero-order chi connectivity index (χ0) is 49.7. The fourth-order valence-corrected chi connectivity index (χ4v) is 18.9. The Kier molecular flexibility index (Phi) is 25.4. The summed E-state index contributed by atoms with van der Waals surface area (Å²) in [5, 5.41) is 3.12. The molecule has 0 N–H and O–H groups in total. The first-order chi connectivity index (χ1) is 32.0. The normalized spacial score (nSPS) is 24.4. The molecule has 3 aromatic rings. The minimum atomic E-state index is -8.04. The van der Waals surface area contributed by atoms with Crippen LogP contribution in [0, 0.1) is 44.4 Å². The second kappa shape index (κ2) is 27.4. The van der Waals surface area contributed by atoms with Crippen LogP contribution in [0.15, 0.2) is 123 Å². The van der Waals surface area contributed by atoms with Crippen molar-refractivity contribution in [1.29, 1.82) is 0 Å². The van der Waals surface area contributed by atoms with Crippen molar-refractivity contribution < 1.29 is 62.8 Å². The van der Waals surface area contributed by atoms with Gasteiger partial charge in [-0.2, -0.15) is 0 Å². The maximum Gasteiger partial charge on any atom is 1.00 e. The number of benzene rings is 3. The fraction of sp³-hybridized carbons (Fsp3) is 0.509. The van der Waals surface area contributed by atoms with Gasteiger partial charge in [-0.15, -0.1) is 0 Å². The molecule has 5 atom stereocenters. The number of halogens is 9. The SMILES string of the molecule is CC1=C(C)C(C(c2ccccc2)N2CCCN3CCCN=C32)C(C)=C1C.CC1C(C)C(C)C([Si](c2ccccc2)(c2ccccc2)N2CCCN3CCCN=C32)C1C.F.[3HH].[3HH].[3HH].[3HH].[CH3-].[CH3-].[Cl][Cr][Cl].[F][Cr]([F])([F])([Cl])([Cl])[Cl].[Li+]. The number of rotatable bonds is 7. The van der Waals surface area contributed by atoms with Crippen molar-refractivity contribution in [2.45, 2.75) is 92.7 Å². The summed E-state index contributed by atoms with van der Waals surface area (Å²) < 4.78 is 36.5. The molecule has 19 heteroatoms. The molecule has 3 aromatic carbocycles. The van der Waals surface area contributed by atoms with E-state index in [0.717, 1.165) is 64.2 Å². The molecule has 6 aliphatic rings. The number of hydrogen-bond donors (Lipinski definition) is 0. The topological polar surface area (TPSA) is 37.7 Å². The molecule has 0 aromatic heterocycles. The zero-order valence-electron chi connectivity index (χ0n) is 44.1. The van der Waals surface area contributed by atoms with Crippen LogP contribution >= 0.6 is 50.2 Å². The van der Waals surface area contributed by atoms with Gasteiger partial charge in [0.2, 0.25) is 8.24 Å². The Morgan fingerprint density at radius 2 is 0.958 bits per heavy atom. The predicted octanol–water partition coefficient (Wildman–Crippen LogP) is 13.0. The fourth-order valence-electron chi connectivity index (χ4n) is 12.2. The standard InChI is InChI=1S/C28H39N3Si.C23H31N3.2CH3.5ClH.2Cr.4FH.Li.4H2/c1-21-22(2)24(4)27(23(21)3)32(25-13-7-5-8-14-25,26-15-9-6-10-16-26)31-20-12-19-30-18-11-17-29-28(30)31;1-16-17(2)19(4)21(18(16)3)22(20-10-6-5-7-11-20)26-15-9-14-25-13-8-12-24-23(25)26;;;;;;;;;;;;;;;;;;/h5-10,13-16,21-24,27H,11-12,17-20H2,1-4H3;5-7,10-11,21-22H,8-9,12-15H2,1-4H3;2*1H3;5*1H;;;4*1H;;4*1H/q;;2*-1;;;;;;+2;+6;;;;;+1;;;;/p-8/i;;;;;;;;;;;;;;;;4*1+2. The van der Waals surface area contributed by atoms with Crippen LogP contribution in [0.3, 0.4) is 0 Å². The van der Waals surface area contributed by atoms with Gasteiger partial charge in [-0.3, -0.25) is 14.7 Å². The van der Waals surface area contributed by atoms with Crippen molar-refractivity contribution >= 4 is 80.8 Å². The molecule has 9 rings (SSSR count). The van der Waals surface area contributed by atoms with Crippen molar-refractivity contribution in [2.75, 3.05) is 52.4 Å². The molecule has 0 amide bonds. The number of nitrogens with zero attached hydrogens (tertiary/aromatic N) is 6. The first kappa shape index (κ1) is 66.8. The van der Waals surface area contributed by atoms with E-state index < -0.39 is 17.8 Å². The van der Waals surface area contributed by atoms with E-state index >= 15 is 0 Å². The number of aliphatic imine (C=N–C) groups is 2. The Labute approximate surface area is 477 Å². The summed E-state index contributed by atoms with van der Waals surface area (Å²) in [4.78, 5) is 17.9. The van der Waals surface area contributed by atoms with Crippen LogP contribution in [0.1, 0.15) is 98.4 Å². The number of guanidine groups is 2. The van der Waals surface area contributed by atoms with Crippen molar-refractivity contribution in [3.63, 3.8) is 0 Å². The molecule has 4 heterocycles. The van der Waals surface area contributed by atoms with Crippen LogP contribution in [-0.2, 0) is 22.9 Å². The van der Waals surface area contributed by atoms with Crippen molar-refractivity contribution in [3.05, 3.63) is 134 Å².